The molecule has 1 aliphatic rings. The number of hydrogen-bond acceptors (Lipinski definition) is 3. The van der Waals surface area contributed by atoms with Crippen LogP contribution in [0.4, 0.5) is 0 Å². The third kappa shape index (κ3) is 3.17. The van der Waals surface area contributed by atoms with E-state index in [1.807, 2.05) is 31.2 Å². The summed E-state index contributed by atoms with van der Waals surface area (Å²) in [4.78, 5) is 4.54. The molecule has 0 atom stereocenters. The van der Waals surface area contributed by atoms with Gasteiger partial charge in [-0.3, -0.25) is 4.98 Å². The van der Waals surface area contributed by atoms with Crippen LogP contribution in [0.25, 0.3) is 10.9 Å². The molecule has 1 saturated heterocycles. The summed E-state index contributed by atoms with van der Waals surface area (Å²) in [5.74, 6) is 0.965. The van der Waals surface area contributed by atoms with Crippen molar-refractivity contribution in [2.45, 2.75) is 25.9 Å². The Morgan fingerprint density at radius 3 is 2.74 bits per heavy atom. The van der Waals surface area contributed by atoms with Crippen LogP contribution < -0.4 is 10.1 Å². The van der Waals surface area contributed by atoms with Crippen LogP contribution in [0, 0.1) is 6.92 Å². The number of halogens is 1. The molecule has 1 aromatic carbocycles. The van der Waals surface area contributed by atoms with Crippen LogP contribution in [-0.4, -0.2) is 24.2 Å². The van der Waals surface area contributed by atoms with Crippen LogP contribution in [-0.2, 0) is 0 Å². The molecule has 1 fully saturated rings. The van der Waals surface area contributed by atoms with Crippen molar-refractivity contribution in [2.24, 2.45) is 0 Å². The van der Waals surface area contributed by atoms with Crippen molar-refractivity contribution in [3.05, 3.63) is 36.0 Å². The Bertz CT molecular complexity index is 553. The standard InChI is InChI=1S/C15H18N2O.ClH/c1-11-5-6-13-14(17-11)3-2-4-15(13)18-12-7-9-16-10-8-12;/h2-6,12,16H,7-10H2,1H3;1H. The van der Waals surface area contributed by atoms with Gasteiger partial charge in [-0.1, -0.05) is 6.07 Å². The fourth-order valence-corrected chi connectivity index (χ4v) is 2.42. The molecule has 3 nitrogen and oxygen atoms in total. The molecule has 0 saturated carbocycles. The second kappa shape index (κ2) is 6.22. The minimum Gasteiger partial charge on any atom is -0.490 e. The van der Waals surface area contributed by atoms with E-state index in [-0.39, 0.29) is 12.4 Å². The molecule has 0 radical (unpaired) electrons. The number of pyridine rings is 1. The van der Waals surface area contributed by atoms with E-state index in [1.54, 1.807) is 0 Å². The number of rotatable bonds is 2. The predicted molar refractivity (Wildman–Crippen MR) is 80.2 cm³/mol. The van der Waals surface area contributed by atoms with Crippen LogP contribution in [0.15, 0.2) is 30.3 Å². The van der Waals surface area contributed by atoms with Gasteiger partial charge in [0.1, 0.15) is 11.9 Å². The van der Waals surface area contributed by atoms with Crippen molar-refractivity contribution in [2.75, 3.05) is 13.1 Å². The molecule has 2 aromatic rings. The molecule has 1 aromatic heterocycles. The molecule has 4 heteroatoms. The first-order chi connectivity index (χ1) is 8.83. The smallest absolute Gasteiger partial charge is 0.129 e. The number of ether oxygens (including phenoxy) is 1. The number of piperidine rings is 1. The van der Waals surface area contributed by atoms with Gasteiger partial charge in [0.05, 0.1) is 5.52 Å². The van der Waals surface area contributed by atoms with Crippen molar-refractivity contribution in [3.8, 4) is 5.75 Å². The van der Waals surface area contributed by atoms with Crippen LogP contribution in [0.1, 0.15) is 18.5 Å². The number of aryl methyl sites for hydroxylation is 1. The number of hydrogen-bond donors (Lipinski definition) is 1. The van der Waals surface area contributed by atoms with Crippen molar-refractivity contribution in [3.63, 3.8) is 0 Å². The maximum Gasteiger partial charge on any atom is 0.129 e. The van der Waals surface area contributed by atoms with E-state index in [1.165, 1.54) is 0 Å². The van der Waals surface area contributed by atoms with E-state index >= 15 is 0 Å². The number of fused-ring (bicyclic) bond motifs is 1. The van der Waals surface area contributed by atoms with Gasteiger partial charge in [-0.25, -0.2) is 0 Å². The summed E-state index contributed by atoms with van der Waals surface area (Å²) in [5, 5.41) is 4.47. The van der Waals surface area contributed by atoms with Gasteiger partial charge in [0.2, 0.25) is 0 Å². The number of benzene rings is 1. The minimum atomic E-state index is 0. The summed E-state index contributed by atoms with van der Waals surface area (Å²) < 4.78 is 6.13. The molecule has 0 amide bonds. The van der Waals surface area contributed by atoms with E-state index in [0.717, 1.165) is 48.3 Å². The lowest BCUT2D eigenvalue weighted by molar-refractivity contribution is 0.164. The lowest BCUT2D eigenvalue weighted by Crippen LogP contribution is -2.34. The van der Waals surface area contributed by atoms with Crippen LogP contribution >= 0.6 is 12.4 Å². The van der Waals surface area contributed by atoms with Gasteiger partial charge >= 0.3 is 0 Å². The summed E-state index contributed by atoms with van der Waals surface area (Å²) in [7, 11) is 0. The van der Waals surface area contributed by atoms with Gasteiger partial charge < -0.3 is 10.1 Å². The van der Waals surface area contributed by atoms with Crippen molar-refractivity contribution >= 4 is 23.3 Å². The van der Waals surface area contributed by atoms with Crippen LogP contribution in [0.3, 0.4) is 0 Å². The minimum absolute atomic E-state index is 0. The second-order valence-electron chi connectivity index (χ2n) is 4.84. The van der Waals surface area contributed by atoms with E-state index in [4.69, 9.17) is 4.74 Å². The zero-order chi connectivity index (χ0) is 12.4. The van der Waals surface area contributed by atoms with E-state index < -0.39 is 0 Å². The zero-order valence-corrected chi connectivity index (χ0v) is 11.9. The molecule has 0 spiro atoms. The fourth-order valence-electron chi connectivity index (χ4n) is 2.42. The van der Waals surface area contributed by atoms with E-state index in [2.05, 4.69) is 16.4 Å². The molecule has 1 N–H and O–H groups in total. The molecule has 3 rings (SSSR count). The molecule has 0 aliphatic carbocycles. The highest BCUT2D eigenvalue weighted by Crippen LogP contribution is 2.26. The Morgan fingerprint density at radius 1 is 1.16 bits per heavy atom. The summed E-state index contributed by atoms with van der Waals surface area (Å²) in [6.45, 7) is 4.11. The van der Waals surface area contributed by atoms with Gasteiger partial charge in [0.25, 0.3) is 0 Å². The number of aromatic nitrogens is 1. The molecular formula is C15H19ClN2O. The van der Waals surface area contributed by atoms with Crippen LogP contribution in [0.5, 0.6) is 5.75 Å². The Kier molecular flexibility index (Phi) is 4.61. The lowest BCUT2D eigenvalue weighted by atomic mass is 10.1. The maximum atomic E-state index is 6.13. The average molecular weight is 279 g/mol. The Balaban J connectivity index is 0.00000133. The number of nitrogens with zero attached hydrogens (tertiary/aromatic N) is 1. The van der Waals surface area contributed by atoms with Gasteiger partial charge in [0.15, 0.2) is 0 Å². The molecular weight excluding hydrogens is 260 g/mol. The Labute approximate surface area is 119 Å². The van der Waals surface area contributed by atoms with E-state index in [9.17, 15) is 0 Å². The molecule has 102 valence electrons. The highest BCUT2D eigenvalue weighted by molar-refractivity contribution is 5.85. The maximum absolute atomic E-state index is 6.13. The Hall–Kier alpha value is -1.32. The summed E-state index contributed by atoms with van der Waals surface area (Å²) in [5.41, 5.74) is 2.06. The molecule has 0 unspecified atom stereocenters. The second-order valence-corrected chi connectivity index (χ2v) is 4.84. The molecule has 1 aliphatic heterocycles. The SMILES string of the molecule is Cc1ccc2c(OC3CCNCC3)cccc2n1.Cl. The first-order valence-electron chi connectivity index (χ1n) is 6.57. The van der Waals surface area contributed by atoms with Crippen molar-refractivity contribution < 1.29 is 4.74 Å². The molecule has 0 bridgehead atoms. The summed E-state index contributed by atoms with van der Waals surface area (Å²) in [6.07, 6.45) is 2.49. The fraction of sp³-hybridized carbons (Fsp3) is 0.400. The number of nitrogens with one attached hydrogen (secondary N) is 1. The monoisotopic (exact) mass is 278 g/mol. The summed E-state index contributed by atoms with van der Waals surface area (Å²) in [6, 6.07) is 10.2. The van der Waals surface area contributed by atoms with Crippen molar-refractivity contribution in [1.29, 1.82) is 0 Å². The van der Waals surface area contributed by atoms with Crippen LogP contribution in [0.2, 0.25) is 0 Å². The quantitative estimate of drug-likeness (QED) is 0.917. The zero-order valence-electron chi connectivity index (χ0n) is 11.1. The topological polar surface area (TPSA) is 34.1 Å². The van der Waals surface area contributed by atoms with Gasteiger partial charge in [-0.05, 0) is 57.1 Å². The predicted octanol–water partition coefficient (Wildman–Crippen LogP) is 3.10. The third-order valence-electron chi connectivity index (χ3n) is 3.41. The first kappa shape index (κ1) is 14.1. The van der Waals surface area contributed by atoms with Gasteiger partial charge in [-0.2, -0.15) is 0 Å². The van der Waals surface area contributed by atoms with Crippen molar-refractivity contribution in [1.82, 2.24) is 10.3 Å². The first-order valence-corrected chi connectivity index (χ1v) is 6.57. The highest BCUT2D eigenvalue weighted by atomic mass is 35.5. The normalized spacial score (nSPS) is 16.1. The molecule has 19 heavy (non-hydrogen) atoms. The van der Waals surface area contributed by atoms with Gasteiger partial charge in [0, 0.05) is 11.1 Å². The van der Waals surface area contributed by atoms with E-state index in [0.29, 0.717) is 6.10 Å². The Morgan fingerprint density at radius 2 is 1.95 bits per heavy atom. The average Bonchev–Trinajstić information content (AvgIpc) is 2.40. The third-order valence-corrected chi connectivity index (χ3v) is 3.41. The van der Waals surface area contributed by atoms with Gasteiger partial charge in [-0.15, -0.1) is 12.4 Å². The largest absolute Gasteiger partial charge is 0.490 e. The molecule has 2 heterocycles. The summed E-state index contributed by atoms with van der Waals surface area (Å²) >= 11 is 0. The highest BCUT2D eigenvalue weighted by Gasteiger charge is 2.15. The lowest BCUT2D eigenvalue weighted by Gasteiger charge is -2.24.